The molecule has 0 fully saturated rings. The highest BCUT2D eigenvalue weighted by Gasteiger charge is 2.32. The minimum absolute atomic E-state index is 0.0128. The first-order valence-corrected chi connectivity index (χ1v) is 14.2. The predicted octanol–water partition coefficient (Wildman–Crippen LogP) is 5.27. The zero-order valence-corrected chi connectivity index (χ0v) is 23.5. The molecule has 12 heteroatoms. The minimum atomic E-state index is -3.98. The van der Waals surface area contributed by atoms with Crippen molar-refractivity contribution in [3.63, 3.8) is 0 Å². The second kappa shape index (κ2) is 12.9. The molecular weight excluding hydrogens is 552 g/mol. The molecule has 0 aliphatic rings. The molecule has 2 aromatic rings. The Balaban J connectivity index is 2.50. The number of nitrogens with zero attached hydrogens (tertiary/aromatic N) is 2. The van der Waals surface area contributed by atoms with Crippen molar-refractivity contribution in [2.75, 3.05) is 17.1 Å². The van der Waals surface area contributed by atoms with Gasteiger partial charge < -0.3 is 10.2 Å². The molecule has 7 nitrogen and oxygen atoms in total. The van der Waals surface area contributed by atoms with Crippen LogP contribution in [-0.2, 0) is 26.2 Å². The van der Waals surface area contributed by atoms with Crippen molar-refractivity contribution in [2.24, 2.45) is 0 Å². The SMILES string of the molecule is CC[C@H](C)NC(=O)[C@H](CC)N(Cc1ccc(Cl)cc1Cl)C(=O)CN(c1ccc(F)c(Cl)c1)S(C)(=O)=O. The Morgan fingerprint density at radius 3 is 2.22 bits per heavy atom. The van der Waals surface area contributed by atoms with Crippen LogP contribution in [0.15, 0.2) is 36.4 Å². The summed E-state index contributed by atoms with van der Waals surface area (Å²) >= 11 is 18.2. The number of carbonyl (C=O) groups is 2. The van der Waals surface area contributed by atoms with Gasteiger partial charge in [-0.05, 0) is 55.7 Å². The molecule has 0 bridgehead atoms. The van der Waals surface area contributed by atoms with E-state index in [1.165, 1.54) is 17.0 Å². The molecule has 0 aromatic heterocycles. The van der Waals surface area contributed by atoms with Crippen molar-refractivity contribution in [3.05, 3.63) is 62.8 Å². The van der Waals surface area contributed by atoms with Gasteiger partial charge in [-0.2, -0.15) is 0 Å². The van der Waals surface area contributed by atoms with Gasteiger partial charge in [0.05, 0.1) is 17.0 Å². The van der Waals surface area contributed by atoms with Crippen molar-refractivity contribution < 1.29 is 22.4 Å². The smallest absolute Gasteiger partial charge is 0.244 e. The number of carbonyl (C=O) groups excluding carboxylic acids is 2. The lowest BCUT2D eigenvalue weighted by Gasteiger charge is -2.33. The quantitative estimate of drug-likeness (QED) is 0.392. The second-order valence-electron chi connectivity index (χ2n) is 8.37. The summed E-state index contributed by atoms with van der Waals surface area (Å²) in [4.78, 5) is 28.0. The molecule has 2 atom stereocenters. The summed E-state index contributed by atoms with van der Waals surface area (Å²) in [7, 11) is -3.98. The molecule has 36 heavy (non-hydrogen) atoms. The fourth-order valence-corrected chi connectivity index (χ4v) is 4.93. The number of benzene rings is 2. The van der Waals surface area contributed by atoms with Crippen LogP contribution in [0.2, 0.25) is 15.1 Å². The van der Waals surface area contributed by atoms with Gasteiger partial charge in [-0.25, -0.2) is 12.8 Å². The summed E-state index contributed by atoms with van der Waals surface area (Å²) in [5.74, 6) is -1.76. The van der Waals surface area contributed by atoms with Gasteiger partial charge in [0.15, 0.2) is 0 Å². The highest BCUT2D eigenvalue weighted by atomic mass is 35.5. The first-order chi connectivity index (χ1) is 16.8. The molecule has 198 valence electrons. The van der Waals surface area contributed by atoms with Gasteiger partial charge in [-0.1, -0.05) is 54.7 Å². The van der Waals surface area contributed by atoms with Crippen molar-refractivity contribution in [3.8, 4) is 0 Å². The molecule has 0 aliphatic heterocycles. The summed E-state index contributed by atoms with van der Waals surface area (Å²) in [6.45, 7) is 4.80. The number of sulfonamides is 1. The molecule has 2 rings (SSSR count). The molecule has 1 N–H and O–H groups in total. The summed E-state index contributed by atoms with van der Waals surface area (Å²) in [5.41, 5.74) is 0.541. The van der Waals surface area contributed by atoms with Crippen LogP contribution in [0.1, 0.15) is 39.2 Å². The average Bonchev–Trinajstić information content (AvgIpc) is 2.79. The van der Waals surface area contributed by atoms with E-state index in [1.807, 2.05) is 13.8 Å². The molecule has 0 radical (unpaired) electrons. The molecule has 2 amide bonds. The molecule has 0 spiro atoms. The predicted molar refractivity (Wildman–Crippen MR) is 143 cm³/mol. The number of hydrogen-bond acceptors (Lipinski definition) is 4. The van der Waals surface area contributed by atoms with Gasteiger partial charge in [0.2, 0.25) is 21.8 Å². The van der Waals surface area contributed by atoms with E-state index in [-0.39, 0.29) is 35.6 Å². The maximum atomic E-state index is 13.7. The number of nitrogens with one attached hydrogen (secondary N) is 1. The van der Waals surface area contributed by atoms with E-state index in [1.54, 1.807) is 19.1 Å². The maximum absolute atomic E-state index is 13.7. The van der Waals surface area contributed by atoms with Gasteiger partial charge in [-0.15, -0.1) is 0 Å². The fraction of sp³-hybridized carbons (Fsp3) is 0.417. The largest absolute Gasteiger partial charge is 0.352 e. The van der Waals surface area contributed by atoms with Gasteiger partial charge in [0, 0.05) is 22.6 Å². The lowest BCUT2D eigenvalue weighted by atomic mass is 10.1. The Bertz CT molecular complexity index is 1210. The van der Waals surface area contributed by atoms with Crippen LogP contribution in [0.3, 0.4) is 0 Å². The summed E-state index contributed by atoms with van der Waals surface area (Å²) in [6.07, 6.45) is 1.87. The highest BCUT2D eigenvalue weighted by molar-refractivity contribution is 7.92. The van der Waals surface area contributed by atoms with Gasteiger partial charge in [-0.3, -0.25) is 13.9 Å². The third-order valence-corrected chi connectivity index (χ3v) is 7.63. The first-order valence-electron chi connectivity index (χ1n) is 11.2. The Labute approximate surface area is 226 Å². The number of rotatable bonds is 11. The van der Waals surface area contributed by atoms with E-state index in [0.29, 0.717) is 22.0 Å². The number of halogens is 4. The van der Waals surface area contributed by atoms with E-state index >= 15 is 0 Å². The Morgan fingerprint density at radius 2 is 1.69 bits per heavy atom. The number of amides is 2. The Hall–Kier alpha value is -2.07. The van der Waals surface area contributed by atoms with Gasteiger partial charge in [0.1, 0.15) is 18.4 Å². The average molecular weight is 581 g/mol. The van der Waals surface area contributed by atoms with Crippen molar-refractivity contribution in [2.45, 2.75) is 52.2 Å². The molecule has 0 aliphatic carbocycles. The molecule has 0 saturated carbocycles. The topological polar surface area (TPSA) is 86.8 Å². The highest BCUT2D eigenvalue weighted by Crippen LogP contribution is 2.27. The van der Waals surface area contributed by atoms with Crippen LogP contribution < -0.4 is 9.62 Å². The second-order valence-corrected chi connectivity index (χ2v) is 11.5. The van der Waals surface area contributed by atoms with Crippen LogP contribution in [-0.4, -0.2) is 50.0 Å². The first kappa shape index (κ1) is 30.2. The maximum Gasteiger partial charge on any atom is 0.244 e. The molecule has 0 heterocycles. The monoisotopic (exact) mass is 579 g/mol. The van der Waals surface area contributed by atoms with Gasteiger partial charge >= 0.3 is 0 Å². The molecule has 0 saturated heterocycles. The third kappa shape index (κ3) is 7.96. The number of anilines is 1. The Kier molecular flexibility index (Phi) is 10.8. The minimum Gasteiger partial charge on any atom is -0.352 e. The molecule has 2 aromatic carbocycles. The van der Waals surface area contributed by atoms with E-state index in [4.69, 9.17) is 34.8 Å². The summed E-state index contributed by atoms with van der Waals surface area (Å²) in [6, 6.07) is 7.08. The summed E-state index contributed by atoms with van der Waals surface area (Å²) < 4.78 is 39.7. The van der Waals surface area contributed by atoms with E-state index in [2.05, 4.69) is 5.32 Å². The van der Waals surface area contributed by atoms with Crippen molar-refractivity contribution in [1.29, 1.82) is 0 Å². The van der Waals surface area contributed by atoms with E-state index in [0.717, 1.165) is 22.7 Å². The van der Waals surface area contributed by atoms with Crippen LogP contribution in [0.5, 0.6) is 0 Å². The van der Waals surface area contributed by atoms with E-state index < -0.39 is 34.3 Å². The van der Waals surface area contributed by atoms with Crippen LogP contribution >= 0.6 is 34.8 Å². The van der Waals surface area contributed by atoms with Gasteiger partial charge in [0.25, 0.3) is 0 Å². The number of hydrogen-bond donors (Lipinski definition) is 1. The zero-order chi connectivity index (χ0) is 27.2. The van der Waals surface area contributed by atoms with Crippen LogP contribution in [0.4, 0.5) is 10.1 Å². The fourth-order valence-electron chi connectivity index (χ4n) is 3.45. The zero-order valence-electron chi connectivity index (χ0n) is 20.4. The molecular formula is C24H29Cl3FN3O4S. The third-order valence-electron chi connectivity index (χ3n) is 5.61. The standard InChI is InChI=1S/C24H29Cl3FN3O4S/c1-5-15(3)29-24(33)22(6-2)30(13-16-7-8-17(25)11-19(16)26)23(32)14-31(36(4,34)35)18-9-10-21(28)20(27)12-18/h7-12,15,22H,5-6,13-14H2,1-4H3,(H,29,33)/t15-,22-/m0/s1. The lowest BCUT2D eigenvalue weighted by Crippen LogP contribution is -2.53. The van der Waals surface area contributed by atoms with Crippen LogP contribution in [0.25, 0.3) is 0 Å². The van der Waals surface area contributed by atoms with Crippen LogP contribution in [0, 0.1) is 5.82 Å². The lowest BCUT2D eigenvalue weighted by molar-refractivity contribution is -0.140. The van der Waals surface area contributed by atoms with Crippen molar-refractivity contribution in [1.82, 2.24) is 10.2 Å². The Morgan fingerprint density at radius 1 is 1.03 bits per heavy atom. The molecule has 0 unspecified atom stereocenters. The van der Waals surface area contributed by atoms with Crippen molar-refractivity contribution >= 4 is 62.3 Å². The summed E-state index contributed by atoms with van der Waals surface area (Å²) in [5, 5.41) is 3.28. The van der Waals surface area contributed by atoms with E-state index in [9.17, 15) is 22.4 Å². The normalized spacial score (nSPS) is 13.1.